The van der Waals surface area contributed by atoms with Crippen molar-refractivity contribution in [3.63, 3.8) is 0 Å². The SMILES string of the molecule is CC(C)O.N#CO. The van der Waals surface area contributed by atoms with Crippen molar-refractivity contribution in [2.24, 2.45) is 0 Å². The maximum Gasteiger partial charge on any atom is 0.283 e. The third kappa shape index (κ3) is 98.6. The molecule has 3 nitrogen and oxygen atoms in total. The lowest BCUT2D eigenvalue weighted by atomic mass is 10.5. The Labute approximate surface area is 42.8 Å². The molecule has 0 amide bonds. The van der Waals surface area contributed by atoms with Crippen LogP contribution in [0.4, 0.5) is 0 Å². The molecular formula is C4H9NO2. The molecule has 0 rings (SSSR count). The molecule has 42 valence electrons. The molecule has 0 atom stereocenters. The zero-order valence-corrected chi connectivity index (χ0v) is 4.42. The van der Waals surface area contributed by atoms with Crippen LogP contribution in [0.2, 0.25) is 0 Å². The van der Waals surface area contributed by atoms with Crippen LogP contribution < -0.4 is 0 Å². The molecule has 0 radical (unpaired) electrons. The van der Waals surface area contributed by atoms with Crippen molar-refractivity contribution in [1.82, 2.24) is 0 Å². The van der Waals surface area contributed by atoms with Gasteiger partial charge >= 0.3 is 0 Å². The Kier molecular flexibility index (Phi) is 12.2. The largest absolute Gasteiger partial charge is 0.443 e. The number of hydrogen-bond donors (Lipinski definition) is 2. The van der Waals surface area contributed by atoms with Gasteiger partial charge in [0.1, 0.15) is 0 Å². The van der Waals surface area contributed by atoms with Gasteiger partial charge in [-0.1, -0.05) is 0 Å². The quantitative estimate of drug-likeness (QED) is 0.431. The van der Waals surface area contributed by atoms with Gasteiger partial charge in [0.15, 0.2) is 0 Å². The fourth-order valence-electron chi connectivity index (χ4n) is 0. The summed E-state index contributed by atoms with van der Waals surface area (Å²) in [5.41, 5.74) is 0. The molecule has 0 heterocycles. The maximum atomic E-state index is 8.06. The molecule has 0 aromatic rings. The van der Waals surface area contributed by atoms with Crippen molar-refractivity contribution in [3.8, 4) is 6.26 Å². The van der Waals surface area contributed by atoms with Crippen LogP contribution in [-0.2, 0) is 0 Å². The lowest BCUT2D eigenvalue weighted by Crippen LogP contribution is -1.85. The second kappa shape index (κ2) is 8.98. The van der Waals surface area contributed by atoms with E-state index in [1.165, 1.54) is 0 Å². The summed E-state index contributed by atoms with van der Waals surface area (Å²) >= 11 is 0. The van der Waals surface area contributed by atoms with E-state index in [1.54, 1.807) is 13.8 Å². The first-order valence-electron chi connectivity index (χ1n) is 1.86. The number of rotatable bonds is 0. The molecule has 0 bridgehead atoms. The highest BCUT2D eigenvalue weighted by Crippen LogP contribution is 1.65. The summed E-state index contributed by atoms with van der Waals surface area (Å²) in [6.07, 6.45) is 0.583. The summed E-state index contributed by atoms with van der Waals surface area (Å²) in [6.45, 7) is 3.44. The summed E-state index contributed by atoms with van der Waals surface area (Å²) in [6, 6.07) is 0. The van der Waals surface area contributed by atoms with Gasteiger partial charge < -0.3 is 10.2 Å². The Hall–Kier alpha value is -0.750. The van der Waals surface area contributed by atoms with Crippen molar-refractivity contribution in [3.05, 3.63) is 0 Å². The molecule has 0 saturated heterocycles. The first-order chi connectivity index (χ1) is 3.15. The fraction of sp³-hybridized carbons (Fsp3) is 0.750. The summed E-state index contributed by atoms with van der Waals surface area (Å²) in [7, 11) is 0. The summed E-state index contributed by atoms with van der Waals surface area (Å²) in [5.74, 6) is 0. The number of nitriles is 1. The predicted molar refractivity (Wildman–Crippen MR) is 24.9 cm³/mol. The fourth-order valence-corrected chi connectivity index (χ4v) is 0. The lowest BCUT2D eigenvalue weighted by molar-refractivity contribution is 0.216. The third-order valence-electron chi connectivity index (χ3n) is 0. The van der Waals surface area contributed by atoms with Crippen molar-refractivity contribution in [2.75, 3.05) is 0 Å². The Morgan fingerprint density at radius 2 is 1.57 bits per heavy atom. The van der Waals surface area contributed by atoms with Crippen LogP contribution in [0.25, 0.3) is 0 Å². The molecule has 0 unspecified atom stereocenters. The normalized spacial score (nSPS) is 6.14. The van der Waals surface area contributed by atoms with E-state index in [0.717, 1.165) is 6.26 Å². The second-order valence-corrected chi connectivity index (χ2v) is 1.19. The second-order valence-electron chi connectivity index (χ2n) is 1.19. The minimum absolute atomic E-state index is 0.167. The zero-order valence-electron chi connectivity index (χ0n) is 4.42. The Morgan fingerprint density at radius 1 is 1.57 bits per heavy atom. The molecule has 0 spiro atoms. The lowest BCUT2D eigenvalue weighted by Gasteiger charge is -1.80. The molecule has 7 heavy (non-hydrogen) atoms. The highest BCUT2D eigenvalue weighted by Gasteiger charge is 1.69. The molecule has 0 fully saturated rings. The maximum absolute atomic E-state index is 8.06. The van der Waals surface area contributed by atoms with E-state index in [9.17, 15) is 0 Å². The highest BCUT2D eigenvalue weighted by molar-refractivity contribution is 4.30. The van der Waals surface area contributed by atoms with Gasteiger partial charge in [0, 0.05) is 6.10 Å². The minimum atomic E-state index is -0.167. The van der Waals surface area contributed by atoms with Gasteiger partial charge in [-0.25, -0.2) is 0 Å². The van der Waals surface area contributed by atoms with E-state index in [4.69, 9.17) is 15.5 Å². The Balaban J connectivity index is 0. The molecular weight excluding hydrogens is 94.0 g/mol. The van der Waals surface area contributed by atoms with Gasteiger partial charge in [-0.2, -0.15) is 5.26 Å². The minimum Gasteiger partial charge on any atom is -0.443 e. The topological polar surface area (TPSA) is 64.2 Å². The molecule has 0 aliphatic heterocycles. The van der Waals surface area contributed by atoms with Gasteiger partial charge in [-0.05, 0) is 13.8 Å². The molecule has 0 aromatic heterocycles. The Bertz CT molecular complexity index is 52.4. The third-order valence-corrected chi connectivity index (χ3v) is 0. The molecule has 0 aliphatic carbocycles. The summed E-state index contributed by atoms with van der Waals surface area (Å²) in [5, 5.41) is 21.8. The van der Waals surface area contributed by atoms with Crippen molar-refractivity contribution in [1.29, 1.82) is 5.26 Å². The van der Waals surface area contributed by atoms with Gasteiger partial charge in [0.25, 0.3) is 6.26 Å². The number of hydrogen-bond acceptors (Lipinski definition) is 3. The summed E-state index contributed by atoms with van der Waals surface area (Å²) in [4.78, 5) is 0. The van der Waals surface area contributed by atoms with Crippen molar-refractivity contribution in [2.45, 2.75) is 20.0 Å². The highest BCUT2D eigenvalue weighted by atomic mass is 16.3. The van der Waals surface area contributed by atoms with Gasteiger partial charge in [-0.3, -0.25) is 0 Å². The van der Waals surface area contributed by atoms with Crippen LogP contribution in [0, 0.1) is 11.5 Å². The van der Waals surface area contributed by atoms with Crippen LogP contribution in [0.15, 0.2) is 0 Å². The van der Waals surface area contributed by atoms with Gasteiger partial charge in [-0.15, -0.1) is 0 Å². The number of nitrogens with zero attached hydrogens (tertiary/aromatic N) is 1. The van der Waals surface area contributed by atoms with Crippen LogP contribution in [-0.4, -0.2) is 16.3 Å². The van der Waals surface area contributed by atoms with E-state index in [0.29, 0.717) is 0 Å². The van der Waals surface area contributed by atoms with Crippen LogP contribution in [0.5, 0.6) is 0 Å². The zero-order chi connectivity index (χ0) is 6.28. The van der Waals surface area contributed by atoms with Crippen LogP contribution in [0.3, 0.4) is 0 Å². The van der Waals surface area contributed by atoms with Crippen molar-refractivity contribution < 1.29 is 10.2 Å². The monoisotopic (exact) mass is 103 g/mol. The predicted octanol–water partition coefficient (Wildman–Crippen LogP) is 0.227. The average molecular weight is 103 g/mol. The molecule has 0 saturated carbocycles. The van der Waals surface area contributed by atoms with Gasteiger partial charge in [0.2, 0.25) is 0 Å². The van der Waals surface area contributed by atoms with E-state index in [1.807, 2.05) is 0 Å². The summed E-state index contributed by atoms with van der Waals surface area (Å²) < 4.78 is 0. The molecule has 3 heteroatoms. The first-order valence-corrected chi connectivity index (χ1v) is 1.86. The van der Waals surface area contributed by atoms with E-state index in [2.05, 4.69) is 0 Å². The molecule has 0 aliphatic rings. The van der Waals surface area contributed by atoms with Crippen LogP contribution >= 0.6 is 0 Å². The molecule has 0 aromatic carbocycles. The van der Waals surface area contributed by atoms with E-state index in [-0.39, 0.29) is 6.10 Å². The number of aliphatic hydroxyl groups excluding tert-OH is 2. The average Bonchev–Trinajstić information content (AvgIpc) is 1.33. The first kappa shape index (κ1) is 9.54. The Morgan fingerprint density at radius 3 is 1.57 bits per heavy atom. The van der Waals surface area contributed by atoms with E-state index >= 15 is 0 Å². The molecule has 2 N–H and O–H groups in total. The van der Waals surface area contributed by atoms with Gasteiger partial charge in [0.05, 0.1) is 0 Å². The number of aliphatic hydroxyl groups is 2. The van der Waals surface area contributed by atoms with Crippen molar-refractivity contribution >= 4 is 0 Å². The smallest absolute Gasteiger partial charge is 0.283 e. The van der Waals surface area contributed by atoms with Crippen LogP contribution in [0.1, 0.15) is 13.8 Å². The standard InChI is InChI=1S/C3H8O.CHNO/c1-3(2)4;2-1-3/h3-4H,1-2H3;3H. The van der Waals surface area contributed by atoms with E-state index < -0.39 is 0 Å².